The molecular formula is C9H3Cl2F6NO2. The number of carbonyl (C=O) groups is 1. The van der Waals surface area contributed by atoms with Crippen molar-refractivity contribution in [1.29, 1.82) is 0 Å². The van der Waals surface area contributed by atoms with Gasteiger partial charge in [-0.05, 0) is 17.2 Å². The first-order valence-corrected chi connectivity index (χ1v) is 5.49. The summed E-state index contributed by atoms with van der Waals surface area (Å²) < 4.78 is 77.8. The molecule has 112 valence electrons. The number of ether oxygens (including phenoxy) is 1. The Morgan fingerprint density at radius 3 is 2.15 bits per heavy atom. The summed E-state index contributed by atoms with van der Waals surface area (Å²) in [4.78, 5) is 13.8. The van der Waals surface area contributed by atoms with Gasteiger partial charge in [0, 0.05) is 12.1 Å². The van der Waals surface area contributed by atoms with Crippen molar-refractivity contribution in [3.05, 3.63) is 22.9 Å². The van der Waals surface area contributed by atoms with Crippen LogP contribution in [0.1, 0.15) is 21.5 Å². The van der Waals surface area contributed by atoms with Crippen LogP contribution in [0.2, 0.25) is 0 Å². The fourth-order valence-corrected chi connectivity index (χ4v) is 1.76. The van der Waals surface area contributed by atoms with E-state index in [4.69, 9.17) is 23.2 Å². The number of aromatic nitrogens is 1. The maximum absolute atomic E-state index is 12.8. The van der Waals surface area contributed by atoms with Crippen LogP contribution in [-0.2, 0) is 12.1 Å². The highest BCUT2D eigenvalue weighted by Gasteiger charge is 2.43. The Bertz CT molecular complexity index is 528. The van der Waals surface area contributed by atoms with Crippen LogP contribution in [0.5, 0.6) is 5.88 Å². The normalized spacial score (nSPS) is 12.4. The zero-order chi connectivity index (χ0) is 15.7. The second-order valence-electron chi connectivity index (χ2n) is 3.28. The van der Waals surface area contributed by atoms with E-state index in [0.717, 1.165) is 0 Å². The molecule has 11 heteroatoms. The van der Waals surface area contributed by atoms with Gasteiger partial charge in [-0.3, -0.25) is 4.79 Å². The SMILES string of the molecule is O=C(Cl)c1cnc(OC(F)(F)F)c(C(F)(F)F)c1CCl. The summed E-state index contributed by atoms with van der Waals surface area (Å²) in [7, 11) is 0. The summed E-state index contributed by atoms with van der Waals surface area (Å²) in [6, 6.07) is 0. The Balaban J connectivity index is 3.59. The lowest BCUT2D eigenvalue weighted by molar-refractivity contribution is -0.277. The Labute approximate surface area is 117 Å². The van der Waals surface area contributed by atoms with E-state index < -0.39 is 46.2 Å². The van der Waals surface area contributed by atoms with Crippen LogP contribution in [0, 0.1) is 0 Å². The summed E-state index contributed by atoms with van der Waals surface area (Å²) in [5.41, 5.74) is -3.58. The van der Waals surface area contributed by atoms with E-state index >= 15 is 0 Å². The number of alkyl halides is 7. The molecule has 1 aromatic heterocycles. The molecule has 20 heavy (non-hydrogen) atoms. The predicted octanol–water partition coefficient (Wildman–Crippen LogP) is 4.12. The molecule has 1 rings (SSSR count). The molecule has 0 aliphatic rings. The van der Waals surface area contributed by atoms with Gasteiger partial charge in [0.05, 0.1) is 5.56 Å². The van der Waals surface area contributed by atoms with Crippen LogP contribution in [-0.4, -0.2) is 16.6 Å². The van der Waals surface area contributed by atoms with Gasteiger partial charge < -0.3 is 4.74 Å². The Hall–Kier alpha value is -1.22. The smallest absolute Gasteiger partial charge is 0.387 e. The van der Waals surface area contributed by atoms with Gasteiger partial charge in [0.15, 0.2) is 0 Å². The van der Waals surface area contributed by atoms with E-state index in [1.165, 1.54) is 0 Å². The summed E-state index contributed by atoms with van der Waals surface area (Å²) in [5, 5.41) is -1.34. The summed E-state index contributed by atoms with van der Waals surface area (Å²) in [6.07, 6.45) is -10.2. The van der Waals surface area contributed by atoms with Crippen molar-refractivity contribution in [1.82, 2.24) is 4.98 Å². The molecule has 1 heterocycles. The minimum absolute atomic E-state index is 0.434. The van der Waals surface area contributed by atoms with Gasteiger partial charge >= 0.3 is 12.5 Å². The first kappa shape index (κ1) is 16.8. The van der Waals surface area contributed by atoms with Crippen LogP contribution in [0.4, 0.5) is 26.3 Å². The highest BCUT2D eigenvalue weighted by molar-refractivity contribution is 6.68. The number of rotatable bonds is 3. The Morgan fingerprint density at radius 1 is 1.25 bits per heavy atom. The van der Waals surface area contributed by atoms with Crippen molar-refractivity contribution >= 4 is 28.4 Å². The molecule has 0 radical (unpaired) electrons. The summed E-state index contributed by atoms with van der Waals surface area (Å²) >= 11 is 10.3. The topological polar surface area (TPSA) is 39.2 Å². The van der Waals surface area contributed by atoms with Crippen LogP contribution in [0.15, 0.2) is 6.20 Å². The van der Waals surface area contributed by atoms with Gasteiger partial charge in [0.25, 0.3) is 5.24 Å². The standard InChI is InChI=1S/C9H3Cl2F6NO2/c10-1-3-4(6(11)19)2-18-7(20-9(15,16)17)5(3)8(12,13)14/h2H,1H2. The van der Waals surface area contributed by atoms with E-state index in [1.54, 1.807) is 0 Å². The van der Waals surface area contributed by atoms with Gasteiger partial charge in [-0.15, -0.1) is 24.8 Å². The van der Waals surface area contributed by atoms with Gasteiger partial charge in [0.1, 0.15) is 5.56 Å². The van der Waals surface area contributed by atoms with E-state index in [-0.39, 0.29) is 0 Å². The van der Waals surface area contributed by atoms with Crippen molar-refractivity contribution in [3.63, 3.8) is 0 Å². The highest BCUT2D eigenvalue weighted by atomic mass is 35.5. The van der Waals surface area contributed by atoms with Crippen molar-refractivity contribution < 1.29 is 35.9 Å². The number of hydrogen-bond donors (Lipinski definition) is 0. The zero-order valence-electron chi connectivity index (χ0n) is 9.07. The first-order chi connectivity index (χ1) is 8.97. The average molecular weight is 342 g/mol. The number of halogens is 8. The van der Waals surface area contributed by atoms with Crippen molar-refractivity contribution in [2.45, 2.75) is 18.4 Å². The minimum Gasteiger partial charge on any atom is -0.387 e. The fraction of sp³-hybridized carbons (Fsp3) is 0.333. The molecule has 0 saturated heterocycles. The van der Waals surface area contributed by atoms with Gasteiger partial charge in [-0.2, -0.15) is 13.2 Å². The molecule has 0 aliphatic carbocycles. The van der Waals surface area contributed by atoms with E-state index in [0.29, 0.717) is 6.20 Å². The zero-order valence-corrected chi connectivity index (χ0v) is 10.6. The van der Waals surface area contributed by atoms with Crippen LogP contribution in [0.3, 0.4) is 0 Å². The van der Waals surface area contributed by atoms with E-state index in [2.05, 4.69) is 9.72 Å². The predicted molar refractivity (Wildman–Crippen MR) is 55.7 cm³/mol. The largest absolute Gasteiger partial charge is 0.574 e. The van der Waals surface area contributed by atoms with Crippen LogP contribution < -0.4 is 4.74 Å². The second kappa shape index (κ2) is 5.65. The molecule has 0 atom stereocenters. The molecule has 0 amide bonds. The molecule has 0 N–H and O–H groups in total. The Kier molecular flexibility index (Phi) is 4.75. The van der Waals surface area contributed by atoms with E-state index in [1.807, 2.05) is 0 Å². The third-order valence-corrected chi connectivity index (χ3v) is 2.46. The quantitative estimate of drug-likeness (QED) is 0.471. The van der Waals surface area contributed by atoms with Gasteiger partial charge in [-0.1, -0.05) is 0 Å². The van der Waals surface area contributed by atoms with Gasteiger partial charge in [0.2, 0.25) is 5.88 Å². The molecule has 3 nitrogen and oxygen atoms in total. The molecule has 0 saturated carbocycles. The number of nitrogens with zero attached hydrogens (tertiary/aromatic N) is 1. The third-order valence-electron chi connectivity index (χ3n) is 1.99. The van der Waals surface area contributed by atoms with Crippen molar-refractivity contribution in [3.8, 4) is 5.88 Å². The monoisotopic (exact) mass is 341 g/mol. The number of carbonyl (C=O) groups excluding carboxylic acids is 1. The summed E-state index contributed by atoms with van der Waals surface area (Å²) in [6.45, 7) is 0. The highest BCUT2D eigenvalue weighted by Crippen LogP contribution is 2.41. The number of pyridine rings is 1. The minimum atomic E-state index is -5.39. The van der Waals surface area contributed by atoms with Gasteiger partial charge in [-0.25, -0.2) is 4.98 Å². The maximum Gasteiger partial charge on any atom is 0.574 e. The molecular weight excluding hydrogens is 339 g/mol. The molecule has 1 aromatic rings. The second-order valence-corrected chi connectivity index (χ2v) is 3.89. The lowest BCUT2D eigenvalue weighted by atomic mass is 10.1. The molecule has 0 fully saturated rings. The van der Waals surface area contributed by atoms with Crippen LogP contribution >= 0.6 is 23.2 Å². The van der Waals surface area contributed by atoms with E-state index in [9.17, 15) is 31.1 Å². The molecule has 0 spiro atoms. The first-order valence-electron chi connectivity index (χ1n) is 4.58. The lowest BCUT2D eigenvalue weighted by Crippen LogP contribution is -2.23. The Morgan fingerprint density at radius 2 is 1.80 bits per heavy atom. The summed E-state index contributed by atoms with van der Waals surface area (Å²) in [5.74, 6) is -2.65. The number of hydrogen-bond acceptors (Lipinski definition) is 3. The molecule has 0 bridgehead atoms. The fourth-order valence-electron chi connectivity index (χ4n) is 1.32. The molecule has 0 unspecified atom stereocenters. The molecule has 0 aliphatic heterocycles. The van der Waals surface area contributed by atoms with Crippen LogP contribution in [0.25, 0.3) is 0 Å². The third kappa shape index (κ3) is 3.89. The molecule has 0 aromatic carbocycles. The lowest BCUT2D eigenvalue weighted by Gasteiger charge is -2.18. The average Bonchev–Trinajstić information content (AvgIpc) is 2.23. The van der Waals surface area contributed by atoms with Crippen molar-refractivity contribution in [2.24, 2.45) is 0 Å². The maximum atomic E-state index is 12.8. The van der Waals surface area contributed by atoms with Crippen molar-refractivity contribution in [2.75, 3.05) is 0 Å².